The second-order valence-corrected chi connectivity index (χ2v) is 4.62. The highest BCUT2D eigenvalue weighted by Crippen LogP contribution is 2.27. The molecular formula is C11H23NO. The zero-order valence-electron chi connectivity index (χ0n) is 8.92. The average Bonchev–Trinajstić information content (AvgIpc) is 2.16. The predicted octanol–water partition coefficient (Wildman–Crippen LogP) is 1.78. The van der Waals surface area contributed by atoms with E-state index in [-0.39, 0.29) is 12.6 Å². The highest BCUT2D eigenvalue weighted by molar-refractivity contribution is 4.72. The van der Waals surface area contributed by atoms with Gasteiger partial charge < -0.3 is 10.4 Å². The molecule has 0 aromatic rings. The molecule has 1 aliphatic carbocycles. The topological polar surface area (TPSA) is 32.3 Å². The second-order valence-electron chi connectivity index (χ2n) is 4.62. The van der Waals surface area contributed by atoms with Gasteiger partial charge in [0.1, 0.15) is 0 Å². The van der Waals surface area contributed by atoms with Crippen molar-refractivity contribution in [3.05, 3.63) is 0 Å². The molecule has 0 saturated heterocycles. The lowest BCUT2D eigenvalue weighted by Crippen LogP contribution is -2.34. The third kappa shape index (κ3) is 4.10. The largest absolute Gasteiger partial charge is 0.395 e. The van der Waals surface area contributed by atoms with Crippen molar-refractivity contribution in [2.75, 3.05) is 13.2 Å². The molecule has 0 spiro atoms. The van der Waals surface area contributed by atoms with Crippen molar-refractivity contribution in [1.29, 1.82) is 0 Å². The van der Waals surface area contributed by atoms with Gasteiger partial charge in [-0.2, -0.15) is 0 Å². The quantitative estimate of drug-likeness (QED) is 0.700. The standard InChI is InChI=1S/C11H23NO/c1-9-3-5-11(6-4-9)7-12-10(2)8-13/h9-13H,3-8H2,1-2H3/t9?,10-,11?/m1/s1. The number of hydrogen-bond donors (Lipinski definition) is 2. The zero-order valence-corrected chi connectivity index (χ0v) is 8.92. The SMILES string of the molecule is CC1CCC(CN[C@H](C)CO)CC1. The van der Waals surface area contributed by atoms with Crippen molar-refractivity contribution in [2.45, 2.75) is 45.6 Å². The monoisotopic (exact) mass is 185 g/mol. The first-order valence-corrected chi connectivity index (χ1v) is 5.56. The van der Waals surface area contributed by atoms with Crippen LogP contribution in [0.5, 0.6) is 0 Å². The summed E-state index contributed by atoms with van der Waals surface area (Å²) in [7, 11) is 0. The summed E-state index contributed by atoms with van der Waals surface area (Å²) in [6.07, 6.45) is 5.51. The summed E-state index contributed by atoms with van der Waals surface area (Å²) in [6, 6.07) is 0.263. The van der Waals surface area contributed by atoms with Crippen molar-refractivity contribution >= 4 is 0 Å². The average molecular weight is 185 g/mol. The summed E-state index contributed by atoms with van der Waals surface area (Å²) in [4.78, 5) is 0. The Kier molecular flexibility index (Phi) is 4.74. The maximum absolute atomic E-state index is 8.84. The normalized spacial score (nSPS) is 31.6. The van der Waals surface area contributed by atoms with E-state index in [2.05, 4.69) is 12.2 Å². The van der Waals surface area contributed by atoms with E-state index in [0.717, 1.165) is 18.4 Å². The van der Waals surface area contributed by atoms with Crippen molar-refractivity contribution < 1.29 is 5.11 Å². The third-order valence-corrected chi connectivity index (χ3v) is 3.16. The first-order chi connectivity index (χ1) is 6.22. The zero-order chi connectivity index (χ0) is 9.68. The van der Waals surface area contributed by atoms with Gasteiger partial charge in [0.25, 0.3) is 0 Å². The molecule has 1 fully saturated rings. The molecule has 78 valence electrons. The molecule has 0 radical (unpaired) electrons. The molecule has 1 saturated carbocycles. The van der Waals surface area contributed by atoms with Crippen LogP contribution < -0.4 is 5.32 Å². The number of rotatable bonds is 4. The minimum atomic E-state index is 0.253. The second kappa shape index (κ2) is 5.61. The fourth-order valence-electron chi connectivity index (χ4n) is 1.97. The van der Waals surface area contributed by atoms with E-state index in [4.69, 9.17) is 5.11 Å². The maximum atomic E-state index is 8.84. The Bertz CT molecular complexity index is 130. The minimum Gasteiger partial charge on any atom is -0.395 e. The number of nitrogens with one attached hydrogen (secondary N) is 1. The van der Waals surface area contributed by atoms with E-state index in [9.17, 15) is 0 Å². The van der Waals surface area contributed by atoms with E-state index in [1.807, 2.05) is 6.92 Å². The molecule has 0 bridgehead atoms. The number of aliphatic hydroxyl groups is 1. The van der Waals surface area contributed by atoms with Crippen molar-refractivity contribution in [3.63, 3.8) is 0 Å². The predicted molar refractivity (Wildman–Crippen MR) is 55.7 cm³/mol. The van der Waals surface area contributed by atoms with Crippen molar-refractivity contribution in [2.24, 2.45) is 11.8 Å². The van der Waals surface area contributed by atoms with E-state index in [1.54, 1.807) is 0 Å². The molecule has 0 aromatic carbocycles. The summed E-state index contributed by atoms with van der Waals surface area (Å²) in [6.45, 7) is 5.73. The summed E-state index contributed by atoms with van der Waals surface area (Å²) in [5.41, 5.74) is 0. The van der Waals surface area contributed by atoms with Gasteiger partial charge in [-0.15, -0.1) is 0 Å². The van der Waals surface area contributed by atoms with Crippen LogP contribution in [-0.2, 0) is 0 Å². The highest BCUT2D eigenvalue weighted by Gasteiger charge is 2.17. The molecule has 0 heterocycles. The van der Waals surface area contributed by atoms with Crippen LogP contribution >= 0.6 is 0 Å². The molecule has 2 heteroatoms. The molecule has 0 amide bonds. The third-order valence-electron chi connectivity index (χ3n) is 3.16. The Labute approximate surface area is 81.7 Å². The molecule has 13 heavy (non-hydrogen) atoms. The number of hydrogen-bond acceptors (Lipinski definition) is 2. The van der Waals surface area contributed by atoms with Gasteiger partial charge in [-0.3, -0.25) is 0 Å². The number of aliphatic hydroxyl groups excluding tert-OH is 1. The molecule has 2 nitrogen and oxygen atoms in total. The summed E-state index contributed by atoms with van der Waals surface area (Å²) in [5, 5.41) is 12.2. The molecule has 2 N–H and O–H groups in total. The first-order valence-electron chi connectivity index (χ1n) is 5.56. The van der Waals surface area contributed by atoms with Gasteiger partial charge in [0.15, 0.2) is 0 Å². The van der Waals surface area contributed by atoms with E-state index in [1.165, 1.54) is 25.7 Å². The molecule has 0 aliphatic heterocycles. The van der Waals surface area contributed by atoms with E-state index >= 15 is 0 Å². The van der Waals surface area contributed by atoms with Crippen LogP contribution in [-0.4, -0.2) is 24.3 Å². The van der Waals surface area contributed by atoms with Gasteiger partial charge in [0.05, 0.1) is 6.61 Å². The van der Waals surface area contributed by atoms with Crippen LogP contribution in [0.25, 0.3) is 0 Å². The van der Waals surface area contributed by atoms with Gasteiger partial charge in [-0.05, 0) is 38.1 Å². The van der Waals surface area contributed by atoms with Gasteiger partial charge in [-0.1, -0.05) is 19.8 Å². The Balaban J connectivity index is 2.08. The van der Waals surface area contributed by atoms with Crippen LogP contribution in [0.3, 0.4) is 0 Å². The first kappa shape index (κ1) is 11.0. The summed E-state index contributed by atoms with van der Waals surface area (Å²) >= 11 is 0. The van der Waals surface area contributed by atoms with Gasteiger partial charge in [0, 0.05) is 6.04 Å². The maximum Gasteiger partial charge on any atom is 0.0581 e. The Morgan fingerprint density at radius 3 is 2.46 bits per heavy atom. The lowest BCUT2D eigenvalue weighted by Gasteiger charge is -2.27. The summed E-state index contributed by atoms with van der Waals surface area (Å²) < 4.78 is 0. The lowest BCUT2D eigenvalue weighted by atomic mass is 9.83. The Morgan fingerprint density at radius 2 is 1.92 bits per heavy atom. The van der Waals surface area contributed by atoms with Crippen molar-refractivity contribution in [3.8, 4) is 0 Å². The van der Waals surface area contributed by atoms with E-state index < -0.39 is 0 Å². The van der Waals surface area contributed by atoms with Crippen LogP contribution in [0.15, 0.2) is 0 Å². The fraction of sp³-hybridized carbons (Fsp3) is 1.00. The van der Waals surface area contributed by atoms with Gasteiger partial charge in [0.2, 0.25) is 0 Å². The molecule has 0 unspecified atom stereocenters. The van der Waals surface area contributed by atoms with Crippen molar-refractivity contribution in [1.82, 2.24) is 5.32 Å². The molecule has 0 aromatic heterocycles. The molecular weight excluding hydrogens is 162 g/mol. The van der Waals surface area contributed by atoms with Gasteiger partial charge >= 0.3 is 0 Å². The van der Waals surface area contributed by atoms with Crippen LogP contribution in [0, 0.1) is 11.8 Å². The van der Waals surface area contributed by atoms with Gasteiger partial charge in [-0.25, -0.2) is 0 Å². The molecule has 1 rings (SSSR count). The Morgan fingerprint density at radius 1 is 1.31 bits per heavy atom. The fourth-order valence-corrected chi connectivity index (χ4v) is 1.97. The van der Waals surface area contributed by atoms with Crippen LogP contribution in [0.2, 0.25) is 0 Å². The molecule has 1 aliphatic rings. The smallest absolute Gasteiger partial charge is 0.0581 e. The minimum absolute atomic E-state index is 0.253. The molecule has 1 atom stereocenters. The summed E-state index contributed by atoms with van der Waals surface area (Å²) in [5.74, 6) is 1.79. The lowest BCUT2D eigenvalue weighted by molar-refractivity contribution is 0.229. The van der Waals surface area contributed by atoms with E-state index in [0.29, 0.717) is 0 Å². The van der Waals surface area contributed by atoms with Crippen LogP contribution in [0.4, 0.5) is 0 Å². The Hall–Kier alpha value is -0.0800. The highest BCUT2D eigenvalue weighted by atomic mass is 16.3. The van der Waals surface area contributed by atoms with Crippen LogP contribution in [0.1, 0.15) is 39.5 Å².